The smallest absolute Gasteiger partial charge is 0.114 e. The first-order valence-corrected chi connectivity index (χ1v) is 8.33. The third kappa shape index (κ3) is 4.85. The van der Waals surface area contributed by atoms with E-state index in [1.807, 2.05) is 6.08 Å². The van der Waals surface area contributed by atoms with Crippen LogP contribution in [0.4, 0.5) is 0 Å². The van der Waals surface area contributed by atoms with Crippen LogP contribution < -0.4 is 5.19 Å². The highest BCUT2D eigenvalue weighted by Crippen LogP contribution is 2.00. The maximum absolute atomic E-state index is 5.62. The Kier molecular flexibility index (Phi) is 6.19. The average Bonchev–Trinajstić information content (AvgIpc) is 2.34. The summed E-state index contributed by atoms with van der Waals surface area (Å²) in [6.07, 6.45) is 3.95. The molecule has 1 atom stereocenters. The molecule has 0 aliphatic carbocycles. The van der Waals surface area contributed by atoms with Crippen LogP contribution in [-0.4, -0.2) is 46.8 Å². The Bertz CT molecular complexity index is 335. The quantitative estimate of drug-likeness (QED) is 0.678. The van der Waals surface area contributed by atoms with Crippen LogP contribution in [0.3, 0.4) is 0 Å². The Morgan fingerprint density at radius 2 is 1.94 bits per heavy atom. The predicted molar refractivity (Wildman–Crippen MR) is 78.4 cm³/mol. The first-order chi connectivity index (χ1) is 8.17. The van der Waals surface area contributed by atoms with E-state index in [-0.39, 0.29) is 0 Å². The molecule has 0 aliphatic rings. The number of hydrogen-bond donors (Lipinski definition) is 0. The minimum atomic E-state index is -1.03. The molecular weight excluding hydrogens is 226 g/mol. The van der Waals surface area contributed by atoms with Crippen LogP contribution in [0.25, 0.3) is 6.08 Å². The second-order valence-corrected chi connectivity index (χ2v) is 7.25. The van der Waals surface area contributed by atoms with Crippen molar-refractivity contribution in [1.82, 2.24) is 4.90 Å². The molecule has 0 bridgehead atoms. The van der Waals surface area contributed by atoms with Crippen molar-refractivity contribution in [2.24, 2.45) is 0 Å². The van der Waals surface area contributed by atoms with E-state index in [1.165, 1.54) is 10.8 Å². The molecule has 0 fully saturated rings. The summed E-state index contributed by atoms with van der Waals surface area (Å²) in [5.74, 6) is 0. The lowest BCUT2D eigenvalue weighted by Gasteiger charge is -2.20. The molecule has 2 nitrogen and oxygen atoms in total. The summed E-state index contributed by atoms with van der Waals surface area (Å²) in [7, 11) is 3.23. The highest BCUT2D eigenvalue weighted by Gasteiger charge is 2.14. The number of hydrogen-bond acceptors (Lipinski definition) is 2. The molecule has 0 aliphatic heterocycles. The van der Waals surface area contributed by atoms with Crippen molar-refractivity contribution < 1.29 is 4.74 Å². The molecule has 0 radical (unpaired) electrons. The van der Waals surface area contributed by atoms with Crippen molar-refractivity contribution in [3.05, 3.63) is 36.4 Å². The van der Waals surface area contributed by atoms with Gasteiger partial charge in [0.2, 0.25) is 0 Å². The van der Waals surface area contributed by atoms with Gasteiger partial charge in [-0.05, 0) is 32.8 Å². The van der Waals surface area contributed by atoms with E-state index < -0.39 is 8.80 Å². The first kappa shape index (κ1) is 14.2. The lowest BCUT2D eigenvalue weighted by Crippen LogP contribution is -2.44. The third-order valence-electron chi connectivity index (χ3n) is 2.75. The van der Waals surface area contributed by atoms with Gasteiger partial charge < -0.3 is 9.64 Å². The van der Waals surface area contributed by atoms with Gasteiger partial charge in [-0.1, -0.05) is 42.1 Å². The lowest BCUT2D eigenvalue weighted by atomic mass is 10.2. The molecule has 1 unspecified atom stereocenters. The molecule has 0 N–H and O–H groups in total. The summed E-state index contributed by atoms with van der Waals surface area (Å²) in [5, 5.41) is 1.47. The molecule has 0 aromatic heterocycles. The minimum Gasteiger partial charge on any atom is -0.385 e. The zero-order chi connectivity index (χ0) is 12.7. The van der Waals surface area contributed by atoms with Crippen molar-refractivity contribution >= 4 is 20.1 Å². The lowest BCUT2D eigenvalue weighted by molar-refractivity contribution is 0.190. The highest BCUT2D eigenvalue weighted by molar-refractivity contribution is 6.73. The second-order valence-electron chi connectivity index (χ2n) is 4.49. The highest BCUT2D eigenvalue weighted by atomic mass is 28.3. The Morgan fingerprint density at radius 1 is 1.29 bits per heavy atom. The third-order valence-corrected chi connectivity index (χ3v) is 5.89. The van der Waals surface area contributed by atoms with Crippen molar-refractivity contribution in [1.29, 1.82) is 0 Å². The predicted octanol–water partition coefficient (Wildman–Crippen LogP) is 1.44. The van der Waals surface area contributed by atoms with Gasteiger partial charge in [-0.25, -0.2) is 0 Å². The normalized spacial score (nSPS) is 12.7. The molecular formula is C14H23NOSi. The van der Waals surface area contributed by atoms with E-state index in [1.54, 1.807) is 0 Å². The van der Waals surface area contributed by atoms with Crippen LogP contribution in [0.5, 0.6) is 0 Å². The maximum Gasteiger partial charge on any atom is 0.114 e. The second kappa shape index (κ2) is 7.43. The summed E-state index contributed by atoms with van der Waals surface area (Å²) in [4.78, 5) is 2.26. The van der Waals surface area contributed by atoms with E-state index in [9.17, 15) is 0 Å². The molecule has 0 saturated heterocycles. The molecule has 1 aromatic carbocycles. The van der Waals surface area contributed by atoms with Crippen LogP contribution in [0.15, 0.2) is 30.8 Å². The summed E-state index contributed by atoms with van der Waals surface area (Å²) >= 11 is 0. The van der Waals surface area contributed by atoms with Gasteiger partial charge in [0.1, 0.15) is 8.80 Å². The van der Waals surface area contributed by atoms with Gasteiger partial charge in [-0.3, -0.25) is 0 Å². The van der Waals surface area contributed by atoms with Crippen molar-refractivity contribution in [3.8, 4) is 0 Å². The van der Waals surface area contributed by atoms with Gasteiger partial charge in [0, 0.05) is 12.8 Å². The Labute approximate surface area is 107 Å². The Hall–Kier alpha value is -0.903. The van der Waals surface area contributed by atoms with Gasteiger partial charge in [0.25, 0.3) is 0 Å². The number of ether oxygens (including phenoxy) is 1. The SMILES string of the molecule is C=Cc1ccc([SiH](COCC)CN(C)C)cc1. The fraction of sp³-hybridized carbons (Fsp3) is 0.429. The van der Waals surface area contributed by atoms with Gasteiger partial charge >= 0.3 is 0 Å². The molecule has 0 heterocycles. The molecule has 0 spiro atoms. The monoisotopic (exact) mass is 249 g/mol. The maximum atomic E-state index is 5.62. The molecule has 0 amide bonds. The molecule has 1 rings (SSSR count). The van der Waals surface area contributed by atoms with Gasteiger partial charge in [0.15, 0.2) is 0 Å². The standard InChI is InChI=1S/C14H23NOSi/c1-5-13-7-9-14(10-8-13)17(11-15(3)4)12-16-6-2/h5,7-10,17H,1,6,11-12H2,2-4H3. The molecule has 17 heavy (non-hydrogen) atoms. The minimum absolute atomic E-state index is 0.807. The Morgan fingerprint density at radius 3 is 2.41 bits per heavy atom. The van der Waals surface area contributed by atoms with E-state index in [0.29, 0.717) is 0 Å². The van der Waals surface area contributed by atoms with Crippen LogP contribution in [0, 0.1) is 0 Å². The van der Waals surface area contributed by atoms with Crippen molar-refractivity contribution in [3.63, 3.8) is 0 Å². The molecule has 3 heteroatoms. The number of nitrogens with zero attached hydrogens (tertiary/aromatic N) is 1. The van der Waals surface area contributed by atoms with Gasteiger partial charge in [-0.2, -0.15) is 0 Å². The summed E-state index contributed by atoms with van der Waals surface area (Å²) in [5.41, 5.74) is 1.18. The Balaban J connectivity index is 2.75. The fourth-order valence-electron chi connectivity index (χ4n) is 1.86. The van der Waals surface area contributed by atoms with Gasteiger partial charge in [0.05, 0.1) is 0 Å². The van der Waals surface area contributed by atoms with E-state index in [4.69, 9.17) is 4.74 Å². The van der Waals surface area contributed by atoms with Gasteiger partial charge in [-0.15, -0.1) is 0 Å². The largest absolute Gasteiger partial charge is 0.385 e. The summed E-state index contributed by atoms with van der Waals surface area (Å²) in [6.45, 7) is 6.65. The van der Waals surface area contributed by atoms with E-state index >= 15 is 0 Å². The van der Waals surface area contributed by atoms with Crippen LogP contribution in [0.1, 0.15) is 12.5 Å². The molecule has 94 valence electrons. The topological polar surface area (TPSA) is 12.5 Å². The average molecular weight is 249 g/mol. The van der Waals surface area contributed by atoms with Crippen molar-refractivity contribution in [2.45, 2.75) is 6.92 Å². The summed E-state index contributed by atoms with van der Waals surface area (Å²) in [6, 6.07) is 8.75. The van der Waals surface area contributed by atoms with E-state index in [0.717, 1.165) is 19.0 Å². The number of benzene rings is 1. The zero-order valence-corrected chi connectivity index (χ0v) is 12.3. The molecule has 0 saturated carbocycles. The summed E-state index contributed by atoms with van der Waals surface area (Å²) < 4.78 is 5.62. The zero-order valence-electron chi connectivity index (χ0n) is 11.1. The van der Waals surface area contributed by atoms with Crippen LogP contribution >= 0.6 is 0 Å². The van der Waals surface area contributed by atoms with E-state index in [2.05, 4.69) is 56.8 Å². The van der Waals surface area contributed by atoms with Crippen molar-refractivity contribution in [2.75, 3.05) is 33.1 Å². The van der Waals surface area contributed by atoms with Crippen LogP contribution in [0.2, 0.25) is 0 Å². The van der Waals surface area contributed by atoms with Crippen LogP contribution in [-0.2, 0) is 4.74 Å². The number of rotatable bonds is 7. The first-order valence-electron chi connectivity index (χ1n) is 6.12. The molecule has 1 aromatic rings. The fourth-order valence-corrected chi connectivity index (χ4v) is 4.51.